The lowest BCUT2D eigenvalue weighted by Gasteiger charge is -2.31. The fourth-order valence-corrected chi connectivity index (χ4v) is 1.94. The standard InChI is InChI=1S/C13H24N2O4/c1-4-14(9-10(2)12(16)17)13(18)15(7-8-19-3)11-5-6-11/h10-11H,4-9H2,1-3H3,(H,16,17). The summed E-state index contributed by atoms with van der Waals surface area (Å²) in [6, 6.07) is 0.229. The van der Waals surface area contributed by atoms with Crippen molar-refractivity contribution >= 4 is 12.0 Å². The largest absolute Gasteiger partial charge is 0.481 e. The first kappa shape index (κ1) is 15.8. The number of urea groups is 1. The van der Waals surface area contributed by atoms with Crippen LogP contribution in [0, 0.1) is 5.92 Å². The van der Waals surface area contributed by atoms with Crippen LogP contribution in [0.4, 0.5) is 4.79 Å². The number of carbonyl (C=O) groups excluding carboxylic acids is 1. The second kappa shape index (κ2) is 7.33. The van der Waals surface area contributed by atoms with Crippen LogP contribution in [0.2, 0.25) is 0 Å². The van der Waals surface area contributed by atoms with E-state index >= 15 is 0 Å². The first-order valence-electron chi connectivity index (χ1n) is 6.78. The van der Waals surface area contributed by atoms with Crippen LogP contribution < -0.4 is 0 Å². The Morgan fingerprint density at radius 2 is 2.05 bits per heavy atom. The molecule has 0 spiro atoms. The molecule has 1 fully saturated rings. The minimum absolute atomic E-state index is 0.0739. The van der Waals surface area contributed by atoms with E-state index < -0.39 is 11.9 Å². The van der Waals surface area contributed by atoms with E-state index in [1.807, 2.05) is 11.8 Å². The maximum Gasteiger partial charge on any atom is 0.320 e. The SMILES string of the molecule is CCN(CC(C)C(=O)O)C(=O)N(CCOC)C1CC1. The smallest absolute Gasteiger partial charge is 0.320 e. The molecular weight excluding hydrogens is 248 g/mol. The third-order valence-electron chi connectivity index (χ3n) is 3.34. The maximum absolute atomic E-state index is 12.4. The lowest BCUT2D eigenvalue weighted by atomic mass is 10.2. The molecule has 19 heavy (non-hydrogen) atoms. The van der Waals surface area contributed by atoms with Gasteiger partial charge in [0.15, 0.2) is 0 Å². The van der Waals surface area contributed by atoms with Gasteiger partial charge >= 0.3 is 12.0 Å². The highest BCUT2D eigenvalue weighted by Gasteiger charge is 2.34. The number of rotatable bonds is 8. The molecule has 6 nitrogen and oxygen atoms in total. The first-order chi connectivity index (χ1) is 9.01. The molecule has 0 radical (unpaired) electrons. The molecule has 0 heterocycles. The van der Waals surface area contributed by atoms with Crippen LogP contribution in [-0.4, -0.2) is 66.3 Å². The summed E-state index contributed by atoms with van der Waals surface area (Å²) in [5.74, 6) is -1.42. The van der Waals surface area contributed by atoms with E-state index in [1.165, 1.54) is 0 Å². The van der Waals surface area contributed by atoms with E-state index in [1.54, 1.807) is 18.9 Å². The van der Waals surface area contributed by atoms with Gasteiger partial charge in [0, 0.05) is 32.8 Å². The van der Waals surface area contributed by atoms with Gasteiger partial charge in [0.05, 0.1) is 12.5 Å². The lowest BCUT2D eigenvalue weighted by Crippen LogP contribution is -2.47. The number of nitrogens with zero attached hydrogens (tertiary/aromatic N) is 2. The molecule has 0 aromatic heterocycles. The van der Waals surface area contributed by atoms with E-state index in [0.29, 0.717) is 25.7 Å². The van der Waals surface area contributed by atoms with E-state index in [0.717, 1.165) is 12.8 Å². The summed E-state index contributed by atoms with van der Waals surface area (Å²) >= 11 is 0. The van der Waals surface area contributed by atoms with E-state index in [2.05, 4.69) is 0 Å². The normalized spacial score (nSPS) is 15.9. The van der Waals surface area contributed by atoms with Crippen molar-refractivity contribution in [1.82, 2.24) is 9.80 Å². The second-order valence-corrected chi connectivity index (χ2v) is 4.98. The van der Waals surface area contributed by atoms with Crippen molar-refractivity contribution < 1.29 is 19.4 Å². The first-order valence-corrected chi connectivity index (χ1v) is 6.78. The van der Waals surface area contributed by atoms with Crippen LogP contribution >= 0.6 is 0 Å². The number of ether oxygens (including phenoxy) is 1. The highest BCUT2D eigenvalue weighted by Crippen LogP contribution is 2.27. The average molecular weight is 272 g/mol. The topological polar surface area (TPSA) is 70.1 Å². The van der Waals surface area contributed by atoms with Crippen molar-refractivity contribution in [3.05, 3.63) is 0 Å². The van der Waals surface area contributed by atoms with Gasteiger partial charge in [0.25, 0.3) is 0 Å². The molecule has 1 N–H and O–H groups in total. The molecule has 0 saturated heterocycles. The Kier molecular flexibility index (Phi) is 6.08. The van der Waals surface area contributed by atoms with Gasteiger partial charge in [-0.05, 0) is 19.8 Å². The molecule has 2 amide bonds. The van der Waals surface area contributed by atoms with Crippen molar-refractivity contribution in [2.75, 3.05) is 33.4 Å². The summed E-state index contributed by atoms with van der Waals surface area (Å²) in [7, 11) is 1.61. The molecule has 1 saturated carbocycles. The third-order valence-corrected chi connectivity index (χ3v) is 3.34. The third kappa shape index (κ3) is 4.70. The molecule has 1 aliphatic rings. The number of hydrogen-bond donors (Lipinski definition) is 1. The van der Waals surface area contributed by atoms with Gasteiger partial charge in [-0.1, -0.05) is 6.92 Å². The Morgan fingerprint density at radius 1 is 1.42 bits per heavy atom. The Bertz CT molecular complexity index is 318. The number of carbonyl (C=O) groups is 2. The quantitative estimate of drug-likeness (QED) is 0.722. The molecule has 0 aromatic rings. The molecule has 6 heteroatoms. The molecule has 1 rings (SSSR count). The minimum atomic E-state index is -0.874. The van der Waals surface area contributed by atoms with E-state index in [-0.39, 0.29) is 12.6 Å². The van der Waals surface area contributed by atoms with Crippen molar-refractivity contribution in [2.24, 2.45) is 5.92 Å². The van der Waals surface area contributed by atoms with Gasteiger partial charge in [-0.2, -0.15) is 0 Å². The highest BCUT2D eigenvalue weighted by atomic mass is 16.5. The zero-order valence-electron chi connectivity index (χ0n) is 12.0. The van der Waals surface area contributed by atoms with Crippen LogP contribution in [0.1, 0.15) is 26.7 Å². The predicted octanol–water partition coefficient (Wildman–Crippen LogP) is 1.26. The number of carboxylic acid groups (broad SMARTS) is 1. The summed E-state index contributed by atoms with van der Waals surface area (Å²) < 4.78 is 5.03. The highest BCUT2D eigenvalue weighted by molar-refractivity contribution is 5.76. The van der Waals surface area contributed by atoms with Gasteiger partial charge in [0.2, 0.25) is 0 Å². The Morgan fingerprint density at radius 3 is 2.47 bits per heavy atom. The summed E-state index contributed by atoms with van der Waals surface area (Å²) in [6.07, 6.45) is 2.06. The zero-order chi connectivity index (χ0) is 14.4. The van der Waals surface area contributed by atoms with Crippen molar-refractivity contribution in [2.45, 2.75) is 32.7 Å². The minimum Gasteiger partial charge on any atom is -0.481 e. The average Bonchev–Trinajstić information content (AvgIpc) is 3.20. The Labute approximate surface area is 114 Å². The summed E-state index contributed by atoms with van der Waals surface area (Å²) in [5.41, 5.74) is 0. The number of carboxylic acids is 1. The number of methoxy groups -OCH3 is 1. The van der Waals surface area contributed by atoms with Crippen LogP contribution in [0.15, 0.2) is 0 Å². The fourth-order valence-electron chi connectivity index (χ4n) is 1.94. The number of aliphatic carboxylic acids is 1. The fraction of sp³-hybridized carbons (Fsp3) is 0.846. The van der Waals surface area contributed by atoms with E-state index in [4.69, 9.17) is 9.84 Å². The van der Waals surface area contributed by atoms with Gasteiger partial charge in [-0.25, -0.2) is 4.79 Å². The number of hydrogen-bond acceptors (Lipinski definition) is 3. The summed E-state index contributed by atoms with van der Waals surface area (Å²) in [6.45, 7) is 5.34. The second-order valence-electron chi connectivity index (χ2n) is 4.98. The molecule has 110 valence electrons. The molecule has 0 aliphatic heterocycles. The van der Waals surface area contributed by atoms with Crippen LogP contribution in [0.3, 0.4) is 0 Å². The monoisotopic (exact) mass is 272 g/mol. The number of amides is 2. The van der Waals surface area contributed by atoms with Crippen molar-refractivity contribution in [3.63, 3.8) is 0 Å². The predicted molar refractivity (Wildman–Crippen MR) is 71.0 cm³/mol. The molecule has 0 bridgehead atoms. The molecule has 1 atom stereocenters. The zero-order valence-corrected chi connectivity index (χ0v) is 12.0. The van der Waals surface area contributed by atoms with Gasteiger partial charge in [-0.3, -0.25) is 4.79 Å². The van der Waals surface area contributed by atoms with E-state index in [9.17, 15) is 9.59 Å². The maximum atomic E-state index is 12.4. The molecule has 1 unspecified atom stereocenters. The summed E-state index contributed by atoms with van der Waals surface area (Å²) in [4.78, 5) is 26.7. The van der Waals surface area contributed by atoms with Gasteiger partial charge in [-0.15, -0.1) is 0 Å². The summed E-state index contributed by atoms with van der Waals surface area (Å²) in [5, 5.41) is 8.94. The van der Waals surface area contributed by atoms with Crippen LogP contribution in [-0.2, 0) is 9.53 Å². The van der Waals surface area contributed by atoms with Crippen LogP contribution in [0.5, 0.6) is 0 Å². The Hall–Kier alpha value is -1.30. The van der Waals surface area contributed by atoms with Crippen molar-refractivity contribution in [3.8, 4) is 0 Å². The van der Waals surface area contributed by atoms with Crippen LogP contribution in [0.25, 0.3) is 0 Å². The van der Waals surface area contributed by atoms with Gasteiger partial charge < -0.3 is 19.6 Å². The van der Waals surface area contributed by atoms with Gasteiger partial charge in [0.1, 0.15) is 0 Å². The lowest BCUT2D eigenvalue weighted by molar-refractivity contribution is -0.141. The Balaban J connectivity index is 2.60. The molecule has 0 aromatic carbocycles. The molecule has 1 aliphatic carbocycles. The molecular formula is C13H24N2O4. The van der Waals surface area contributed by atoms with Crippen molar-refractivity contribution in [1.29, 1.82) is 0 Å².